The van der Waals surface area contributed by atoms with Crippen LogP contribution in [0.15, 0.2) is 12.4 Å². The van der Waals surface area contributed by atoms with Gasteiger partial charge in [-0.1, -0.05) is 20.8 Å². The van der Waals surface area contributed by atoms with Crippen LogP contribution in [0.3, 0.4) is 0 Å². The van der Waals surface area contributed by atoms with Crippen molar-refractivity contribution in [2.45, 2.75) is 33.1 Å². The third-order valence-electron chi connectivity index (χ3n) is 2.38. The van der Waals surface area contributed by atoms with Crippen molar-refractivity contribution < 1.29 is 9.53 Å². The highest BCUT2D eigenvalue weighted by Crippen LogP contribution is 2.22. The molecule has 2 aromatic rings. The van der Waals surface area contributed by atoms with Crippen LogP contribution >= 0.6 is 11.5 Å². The Labute approximate surface area is 115 Å². The maximum Gasteiger partial charge on any atom is 0.341 e. The summed E-state index contributed by atoms with van der Waals surface area (Å²) in [6.45, 7) is 8.25. The molecule has 2 heterocycles. The summed E-state index contributed by atoms with van der Waals surface area (Å²) in [5.74, 6) is 0.384. The Morgan fingerprint density at radius 1 is 1.47 bits per heavy atom. The van der Waals surface area contributed by atoms with E-state index in [2.05, 4.69) is 14.5 Å². The lowest BCUT2D eigenvalue weighted by Gasteiger charge is -2.11. The summed E-state index contributed by atoms with van der Waals surface area (Å²) in [6.07, 6.45) is 3.07. The Morgan fingerprint density at radius 2 is 2.21 bits per heavy atom. The van der Waals surface area contributed by atoms with Crippen molar-refractivity contribution in [1.82, 2.24) is 19.1 Å². The van der Waals surface area contributed by atoms with E-state index in [0.717, 1.165) is 5.82 Å². The van der Waals surface area contributed by atoms with E-state index in [1.54, 1.807) is 17.8 Å². The number of hydrogen-bond donors (Lipinski definition) is 0. The van der Waals surface area contributed by atoms with Crippen LogP contribution in [-0.4, -0.2) is 31.7 Å². The second-order valence-corrected chi connectivity index (χ2v) is 5.77. The molecular formula is C12H16N4O2S. The molecule has 0 aliphatic carbocycles. The monoisotopic (exact) mass is 280 g/mol. The van der Waals surface area contributed by atoms with E-state index in [1.165, 1.54) is 17.7 Å². The minimum atomic E-state index is -0.380. The number of carbonyl (C=O) groups is 1. The number of carbonyl (C=O) groups excluding carboxylic acids is 1. The Kier molecular flexibility index (Phi) is 3.66. The summed E-state index contributed by atoms with van der Waals surface area (Å²) >= 11 is 1.26. The van der Waals surface area contributed by atoms with E-state index < -0.39 is 0 Å². The highest BCUT2D eigenvalue weighted by molar-refractivity contribution is 7.08. The number of rotatable bonds is 3. The lowest BCUT2D eigenvalue weighted by Crippen LogP contribution is -2.13. The van der Waals surface area contributed by atoms with Crippen LogP contribution in [0.2, 0.25) is 0 Å². The largest absolute Gasteiger partial charge is 0.462 e. The van der Waals surface area contributed by atoms with Gasteiger partial charge in [-0.2, -0.15) is 9.47 Å². The molecule has 19 heavy (non-hydrogen) atoms. The van der Waals surface area contributed by atoms with E-state index in [4.69, 9.17) is 4.74 Å². The van der Waals surface area contributed by atoms with Gasteiger partial charge < -0.3 is 4.74 Å². The maximum absolute atomic E-state index is 11.5. The molecule has 0 bridgehead atoms. The Hall–Kier alpha value is -1.76. The van der Waals surface area contributed by atoms with Gasteiger partial charge in [0.15, 0.2) is 0 Å². The van der Waals surface area contributed by atoms with Crippen molar-refractivity contribution in [2.75, 3.05) is 6.61 Å². The topological polar surface area (TPSA) is 69.9 Å². The van der Waals surface area contributed by atoms with Crippen LogP contribution in [0.5, 0.6) is 0 Å². The molecule has 2 rings (SSSR count). The third kappa shape index (κ3) is 2.98. The van der Waals surface area contributed by atoms with Crippen molar-refractivity contribution in [3.63, 3.8) is 0 Å². The zero-order valence-electron chi connectivity index (χ0n) is 11.4. The van der Waals surface area contributed by atoms with Crippen LogP contribution in [0.4, 0.5) is 0 Å². The summed E-state index contributed by atoms with van der Waals surface area (Å²) in [6, 6.07) is 0. The van der Waals surface area contributed by atoms with Crippen LogP contribution < -0.4 is 0 Å². The average molecular weight is 280 g/mol. The van der Waals surface area contributed by atoms with Gasteiger partial charge in [-0.3, -0.25) is 0 Å². The van der Waals surface area contributed by atoms with Crippen LogP contribution in [-0.2, 0) is 10.2 Å². The molecule has 0 amide bonds. The molecule has 0 radical (unpaired) electrons. The Bertz CT molecular complexity index is 583. The SMILES string of the molecule is CCOC(=O)c1cnn(-c2nc(C(C)(C)C)ns2)c1. The molecule has 0 aromatic carbocycles. The highest BCUT2D eigenvalue weighted by atomic mass is 32.1. The molecule has 0 fully saturated rings. The van der Waals surface area contributed by atoms with Crippen molar-refractivity contribution in [3.8, 4) is 5.13 Å². The maximum atomic E-state index is 11.5. The average Bonchev–Trinajstić information content (AvgIpc) is 2.97. The van der Waals surface area contributed by atoms with Gasteiger partial charge in [0.05, 0.1) is 18.4 Å². The first-order valence-corrected chi connectivity index (χ1v) is 6.75. The van der Waals surface area contributed by atoms with Gasteiger partial charge in [0.25, 0.3) is 0 Å². The number of ether oxygens (including phenoxy) is 1. The van der Waals surface area contributed by atoms with E-state index in [0.29, 0.717) is 17.3 Å². The molecule has 0 aliphatic heterocycles. The minimum Gasteiger partial charge on any atom is -0.462 e. The molecule has 2 aromatic heterocycles. The zero-order chi connectivity index (χ0) is 14.0. The first-order valence-electron chi connectivity index (χ1n) is 5.98. The van der Waals surface area contributed by atoms with E-state index >= 15 is 0 Å². The molecular weight excluding hydrogens is 264 g/mol. The van der Waals surface area contributed by atoms with Gasteiger partial charge in [0, 0.05) is 23.1 Å². The second-order valence-electron chi connectivity index (χ2n) is 5.04. The number of hydrogen-bond acceptors (Lipinski definition) is 6. The molecule has 0 spiro atoms. The van der Waals surface area contributed by atoms with Crippen LogP contribution in [0, 0.1) is 0 Å². The number of nitrogens with zero attached hydrogens (tertiary/aromatic N) is 4. The summed E-state index contributed by atoms with van der Waals surface area (Å²) in [5, 5.41) is 4.75. The first kappa shape index (κ1) is 13.7. The quantitative estimate of drug-likeness (QED) is 0.806. The predicted octanol–water partition coefficient (Wildman–Crippen LogP) is 2.20. The van der Waals surface area contributed by atoms with Gasteiger partial charge >= 0.3 is 5.97 Å². The fraction of sp³-hybridized carbons (Fsp3) is 0.500. The highest BCUT2D eigenvalue weighted by Gasteiger charge is 2.20. The molecule has 7 heteroatoms. The van der Waals surface area contributed by atoms with E-state index in [-0.39, 0.29) is 11.4 Å². The molecule has 102 valence electrons. The predicted molar refractivity (Wildman–Crippen MR) is 71.7 cm³/mol. The fourth-order valence-electron chi connectivity index (χ4n) is 1.36. The van der Waals surface area contributed by atoms with Crippen molar-refractivity contribution in [3.05, 3.63) is 23.8 Å². The van der Waals surface area contributed by atoms with Gasteiger partial charge in [-0.15, -0.1) is 0 Å². The summed E-state index contributed by atoms with van der Waals surface area (Å²) in [7, 11) is 0. The van der Waals surface area contributed by atoms with Crippen molar-refractivity contribution >= 4 is 17.5 Å². The van der Waals surface area contributed by atoms with Crippen LogP contribution in [0.25, 0.3) is 5.13 Å². The second kappa shape index (κ2) is 5.08. The van der Waals surface area contributed by atoms with Gasteiger partial charge in [0.1, 0.15) is 5.82 Å². The molecule has 0 N–H and O–H groups in total. The normalized spacial score (nSPS) is 11.6. The molecule has 0 atom stereocenters. The van der Waals surface area contributed by atoms with E-state index in [1.807, 2.05) is 20.8 Å². The lowest BCUT2D eigenvalue weighted by atomic mass is 9.96. The smallest absolute Gasteiger partial charge is 0.341 e. The van der Waals surface area contributed by atoms with E-state index in [9.17, 15) is 4.79 Å². The Morgan fingerprint density at radius 3 is 2.79 bits per heavy atom. The summed E-state index contributed by atoms with van der Waals surface area (Å²) in [5.41, 5.74) is 0.306. The summed E-state index contributed by atoms with van der Waals surface area (Å²) < 4.78 is 10.8. The fourth-order valence-corrected chi connectivity index (χ4v) is 2.15. The molecule has 0 saturated carbocycles. The number of aromatic nitrogens is 4. The zero-order valence-corrected chi connectivity index (χ0v) is 12.2. The third-order valence-corrected chi connectivity index (χ3v) is 3.08. The number of esters is 1. The van der Waals surface area contributed by atoms with Gasteiger partial charge in [-0.25, -0.2) is 14.5 Å². The van der Waals surface area contributed by atoms with Gasteiger partial charge in [0.2, 0.25) is 5.13 Å². The molecule has 0 saturated heterocycles. The van der Waals surface area contributed by atoms with Crippen molar-refractivity contribution in [2.24, 2.45) is 0 Å². The van der Waals surface area contributed by atoms with Crippen molar-refractivity contribution in [1.29, 1.82) is 0 Å². The standard InChI is InChI=1S/C12H16N4O2S/c1-5-18-9(17)8-6-13-16(7-8)11-14-10(15-19-11)12(2,3)4/h6-7H,5H2,1-4H3. The molecule has 0 unspecified atom stereocenters. The Balaban J connectivity index is 2.23. The first-order chi connectivity index (χ1) is 8.91. The van der Waals surface area contributed by atoms with Crippen LogP contribution in [0.1, 0.15) is 43.9 Å². The van der Waals surface area contributed by atoms with Gasteiger partial charge in [-0.05, 0) is 6.92 Å². The molecule has 6 nitrogen and oxygen atoms in total. The minimum absolute atomic E-state index is 0.105. The molecule has 0 aliphatic rings. The lowest BCUT2D eigenvalue weighted by molar-refractivity contribution is 0.0526. The summed E-state index contributed by atoms with van der Waals surface area (Å²) in [4.78, 5) is 16.0.